The molecule has 0 radical (unpaired) electrons. The summed E-state index contributed by atoms with van der Waals surface area (Å²) in [4.78, 5) is 0. The van der Waals surface area contributed by atoms with E-state index in [1.165, 1.54) is 25.7 Å². The van der Waals surface area contributed by atoms with Gasteiger partial charge in [0.25, 0.3) is 0 Å². The van der Waals surface area contributed by atoms with Crippen LogP contribution in [-0.4, -0.2) is 6.54 Å². The summed E-state index contributed by atoms with van der Waals surface area (Å²) >= 11 is 0. The molecule has 1 heteroatoms. The van der Waals surface area contributed by atoms with Crippen LogP contribution in [0.1, 0.15) is 57.2 Å². The predicted octanol–water partition coefficient (Wildman–Crippen LogP) is 4.34. The summed E-state index contributed by atoms with van der Waals surface area (Å²) in [7, 11) is 0. The molecule has 0 bridgehead atoms. The molecule has 1 nitrogen and oxygen atoms in total. The van der Waals surface area contributed by atoms with Crippen molar-refractivity contribution in [2.45, 2.75) is 52.5 Å². The highest BCUT2D eigenvalue weighted by Gasteiger charge is 2.31. The van der Waals surface area contributed by atoms with Crippen LogP contribution in [0.3, 0.4) is 0 Å². The van der Waals surface area contributed by atoms with Crippen LogP contribution in [-0.2, 0) is 6.42 Å². The molecule has 1 aliphatic carbocycles. The molecule has 0 saturated heterocycles. The van der Waals surface area contributed by atoms with Gasteiger partial charge in [0.2, 0.25) is 0 Å². The van der Waals surface area contributed by atoms with Gasteiger partial charge in [0.05, 0.1) is 0 Å². The van der Waals surface area contributed by atoms with E-state index in [9.17, 15) is 0 Å². The summed E-state index contributed by atoms with van der Waals surface area (Å²) in [5.41, 5.74) is 3.12. The Morgan fingerprint density at radius 3 is 2.78 bits per heavy atom. The van der Waals surface area contributed by atoms with Crippen molar-refractivity contribution < 1.29 is 0 Å². The lowest BCUT2D eigenvalue weighted by molar-refractivity contribution is 0.311. The van der Waals surface area contributed by atoms with Crippen LogP contribution in [0.15, 0.2) is 24.3 Å². The molecule has 0 fully saturated rings. The number of hydrogen-bond acceptors (Lipinski definition) is 1. The van der Waals surface area contributed by atoms with Gasteiger partial charge in [0.1, 0.15) is 0 Å². The minimum atomic E-state index is 0.588. The topological polar surface area (TPSA) is 12.0 Å². The van der Waals surface area contributed by atoms with Gasteiger partial charge in [-0.25, -0.2) is 0 Å². The van der Waals surface area contributed by atoms with Crippen molar-refractivity contribution in [1.82, 2.24) is 5.32 Å². The van der Waals surface area contributed by atoms with Gasteiger partial charge in [-0.1, -0.05) is 57.9 Å². The van der Waals surface area contributed by atoms with Crippen molar-refractivity contribution in [3.8, 4) is 0 Å². The molecule has 1 aromatic carbocycles. The van der Waals surface area contributed by atoms with Crippen LogP contribution >= 0.6 is 0 Å². The summed E-state index contributed by atoms with van der Waals surface area (Å²) in [6.07, 6.45) is 5.31. The number of hydrogen-bond donors (Lipinski definition) is 1. The van der Waals surface area contributed by atoms with Gasteiger partial charge in [-0.05, 0) is 42.3 Å². The standard InChI is InChI=1S/C17H27N/c1-4-8-13(3)11-15-12-14-9-6-7-10-16(14)17(15)18-5-2/h6-7,9-10,13,15,17-18H,4-5,8,11-12H2,1-3H3. The maximum absolute atomic E-state index is 3.70. The maximum Gasteiger partial charge on any atom is 0.0354 e. The monoisotopic (exact) mass is 245 g/mol. The molecule has 100 valence electrons. The summed E-state index contributed by atoms with van der Waals surface area (Å²) in [6.45, 7) is 7.99. The zero-order chi connectivity index (χ0) is 13.0. The molecule has 0 spiro atoms. The molecule has 1 aromatic rings. The van der Waals surface area contributed by atoms with E-state index in [0.717, 1.165) is 18.4 Å². The lowest BCUT2D eigenvalue weighted by Crippen LogP contribution is -2.26. The molecule has 18 heavy (non-hydrogen) atoms. The van der Waals surface area contributed by atoms with E-state index >= 15 is 0 Å². The first-order chi connectivity index (χ1) is 8.76. The van der Waals surface area contributed by atoms with Crippen molar-refractivity contribution in [3.63, 3.8) is 0 Å². The Morgan fingerprint density at radius 2 is 2.06 bits per heavy atom. The third kappa shape index (κ3) is 2.95. The first-order valence-electron chi connectivity index (χ1n) is 7.57. The zero-order valence-corrected chi connectivity index (χ0v) is 12.1. The zero-order valence-electron chi connectivity index (χ0n) is 12.1. The highest BCUT2D eigenvalue weighted by molar-refractivity contribution is 5.35. The van der Waals surface area contributed by atoms with Crippen LogP contribution in [0.2, 0.25) is 0 Å². The maximum atomic E-state index is 3.70. The Kier molecular flexibility index (Phi) is 4.82. The van der Waals surface area contributed by atoms with Gasteiger partial charge in [0, 0.05) is 6.04 Å². The molecular formula is C17H27N. The van der Waals surface area contributed by atoms with Crippen LogP contribution < -0.4 is 5.32 Å². The number of rotatable bonds is 6. The van der Waals surface area contributed by atoms with E-state index in [1.54, 1.807) is 11.1 Å². The largest absolute Gasteiger partial charge is 0.310 e. The lowest BCUT2D eigenvalue weighted by Gasteiger charge is -2.24. The summed E-state index contributed by atoms with van der Waals surface area (Å²) in [6, 6.07) is 9.57. The van der Waals surface area contributed by atoms with E-state index in [4.69, 9.17) is 0 Å². The molecule has 0 saturated carbocycles. The van der Waals surface area contributed by atoms with Gasteiger partial charge in [0.15, 0.2) is 0 Å². The number of nitrogens with one attached hydrogen (secondary N) is 1. The highest BCUT2D eigenvalue weighted by atomic mass is 14.9. The van der Waals surface area contributed by atoms with Crippen LogP contribution in [0.25, 0.3) is 0 Å². The van der Waals surface area contributed by atoms with Gasteiger partial charge >= 0.3 is 0 Å². The van der Waals surface area contributed by atoms with E-state index in [-0.39, 0.29) is 0 Å². The highest BCUT2D eigenvalue weighted by Crippen LogP contribution is 2.39. The minimum absolute atomic E-state index is 0.588. The fourth-order valence-electron chi connectivity index (χ4n) is 3.52. The fourth-order valence-corrected chi connectivity index (χ4v) is 3.52. The number of benzene rings is 1. The second-order valence-electron chi connectivity index (χ2n) is 5.83. The second kappa shape index (κ2) is 6.38. The van der Waals surface area contributed by atoms with Crippen molar-refractivity contribution >= 4 is 0 Å². The first kappa shape index (κ1) is 13.6. The smallest absolute Gasteiger partial charge is 0.0354 e. The van der Waals surface area contributed by atoms with E-state index in [0.29, 0.717) is 6.04 Å². The third-order valence-electron chi connectivity index (χ3n) is 4.25. The molecular weight excluding hydrogens is 218 g/mol. The van der Waals surface area contributed by atoms with Gasteiger partial charge in [-0.15, -0.1) is 0 Å². The summed E-state index contributed by atoms with van der Waals surface area (Å²) in [5, 5.41) is 3.70. The van der Waals surface area contributed by atoms with E-state index in [1.807, 2.05) is 0 Å². The normalized spacial score (nSPS) is 23.9. The molecule has 1 N–H and O–H groups in total. The molecule has 2 rings (SSSR count). The predicted molar refractivity (Wildman–Crippen MR) is 78.7 cm³/mol. The van der Waals surface area contributed by atoms with Crippen LogP contribution in [0.5, 0.6) is 0 Å². The molecule has 3 unspecified atom stereocenters. The Labute approximate surface area is 112 Å². The average molecular weight is 245 g/mol. The number of fused-ring (bicyclic) bond motifs is 1. The summed E-state index contributed by atoms with van der Waals surface area (Å²) < 4.78 is 0. The van der Waals surface area contributed by atoms with Crippen molar-refractivity contribution in [1.29, 1.82) is 0 Å². The van der Waals surface area contributed by atoms with E-state index < -0.39 is 0 Å². The lowest BCUT2D eigenvalue weighted by atomic mass is 9.88. The fraction of sp³-hybridized carbons (Fsp3) is 0.647. The molecule has 1 aliphatic rings. The SMILES string of the molecule is CCCC(C)CC1Cc2ccccc2C1NCC. The average Bonchev–Trinajstić information content (AvgIpc) is 2.68. The van der Waals surface area contributed by atoms with Gasteiger partial charge in [-0.3, -0.25) is 0 Å². The molecule has 3 atom stereocenters. The van der Waals surface area contributed by atoms with E-state index in [2.05, 4.69) is 50.4 Å². The van der Waals surface area contributed by atoms with Gasteiger partial charge in [-0.2, -0.15) is 0 Å². The van der Waals surface area contributed by atoms with Gasteiger partial charge < -0.3 is 5.32 Å². The molecule has 0 amide bonds. The first-order valence-corrected chi connectivity index (χ1v) is 7.57. The Morgan fingerprint density at radius 1 is 1.28 bits per heavy atom. The van der Waals surface area contributed by atoms with Crippen molar-refractivity contribution in [2.24, 2.45) is 11.8 Å². The van der Waals surface area contributed by atoms with Crippen molar-refractivity contribution in [2.75, 3.05) is 6.54 Å². The molecule has 0 heterocycles. The molecule has 0 aromatic heterocycles. The van der Waals surface area contributed by atoms with Crippen LogP contribution in [0.4, 0.5) is 0 Å². The Balaban J connectivity index is 2.08. The third-order valence-corrected chi connectivity index (χ3v) is 4.25. The minimum Gasteiger partial charge on any atom is -0.310 e. The quantitative estimate of drug-likeness (QED) is 0.786. The Bertz CT molecular complexity index is 372. The summed E-state index contributed by atoms with van der Waals surface area (Å²) in [5.74, 6) is 1.65. The molecule has 0 aliphatic heterocycles. The van der Waals surface area contributed by atoms with Crippen LogP contribution in [0, 0.1) is 11.8 Å². The second-order valence-corrected chi connectivity index (χ2v) is 5.83. The Hall–Kier alpha value is -0.820. The van der Waals surface area contributed by atoms with Crippen molar-refractivity contribution in [3.05, 3.63) is 35.4 Å².